The van der Waals surface area contributed by atoms with Gasteiger partial charge in [0.2, 0.25) is 108 Å². The largest absolute Gasteiger partial charge is 0.448 e. The second-order valence-corrected chi connectivity index (χ2v) is 37.5. The molecular formula is C84H64N24O9P6+2. The Morgan fingerprint density at radius 1 is 0.268 bits per heavy atom. The van der Waals surface area contributed by atoms with Gasteiger partial charge in [0.15, 0.2) is 0 Å². The molecule has 33 nitrogen and oxygen atoms in total. The van der Waals surface area contributed by atoms with Gasteiger partial charge in [-0.3, -0.25) is 30.5 Å². The lowest BCUT2D eigenvalue weighted by Crippen LogP contribution is -2.25. The van der Waals surface area contributed by atoms with Crippen molar-refractivity contribution in [3.63, 3.8) is 0 Å². The Kier molecular flexibility index (Phi) is 20.6. The van der Waals surface area contributed by atoms with Crippen LogP contribution in [0.1, 0.15) is 11.1 Å². The molecule has 6 aliphatic heterocycles. The van der Waals surface area contributed by atoms with E-state index in [4.69, 9.17) is 61.5 Å². The van der Waals surface area contributed by atoms with Crippen molar-refractivity contribution in [3.05, 3.63) is 314 Å². The summed E-state index contributed by atoms with van der Waals surface area (Å²) >= 11 is 0. The Morgan fingerprint density at radius 2 is 0.553 bits per heavy atom. The predicted molar refractivity (Wildman–Crippen MR) is 482 cm³/mol. The van der Waals surface area contributed by atoms with Crippen LogP contribution < -0.4 is 115 Å². The summed E-state index contributed by atoms with van der Waals surface area (Å²) in [4.78, 5) is 49.3. The molecule has 0 fully saturated rings. The zero-order chi connectivity index (χ0) is 83.9. The summed E-state index contributed by atoms with van der Waals surface area (Å²) in [5, 5.41) is 22.9. The fourth-order valence-electron chi connectivity index (χ4n) is 14.1. The summed E-state index contributed by atoms with van der Waals surface area (Å²) in [6.45, 7) is 0. The van der Waals surface area contributed by atoms with E-state index in [1.807, 2.05) is 158 Å². The number of nitrogens with two attached hydrogens (primary N) is 6. The Morgan fingerprint density at radius 3 is 1.00 bits per heavy atom. The third kappa shape index (κ3) is 15.8. The number of rotatable bonds is 12. The molecule has 18 N–H and O–H groups in total. The molecule has 10 heterocycles. The quantitative estimate of drug-likeness (QED) is 0.0399. The normalized spacial score (nSPS) is 18.8. The molecule has 6 unspecified atom stereocenters. The van der Waals surface area contributed by atoms with Crippen molar-refractivity contribution in [2.45, 2.75) is 0 Å². The second kappa shape index (κ2) is 32.5. The first kappa shape index (κ1) is 77.8. The minimum absolute atomic E-state index is 0.0101. The van der Waals surface area contributed by atoms with Crippen molar-refractivity contribution in [2.24, 2.45) is 0 Å². The van der Waals surface area contributed by atoms with E-state index in [0.29, 0.717) is 51.0 Å². The molecule has 0 saturated heterocycles. The molecule has 2 aliphatic carbocycles. The van der Waals surface area contributed by atoms with Crippen molar-refractivity contribution >= 4 is 162 Å². The van der Waals surface area contributed by atoms with Crippen LogP contribution in [0.15, 0.2) is 291 Å². The molecule has 0 spiro atoms. The molecule has 0 radical (unpaired) electrons. The minimum Gasteiger partial charge on any atom is -0.448 e. The summed E-state index contributed by atoms with van der Waals surface area (Å²) < 4.78 is 78.4. The lowest BCUT2D eigenvalue weighted by Gasteiger charge is -2.29. The molecule has 39 heteroatoms. The van der Waals surface area contributed by atoms with E-state index in [1.165, 1.54) is 0 Å². The average Bonchev–Trinajstić information content (AvgIpc) is 0.741. The first-order chi connectivity index (χ1) is 59.9. The SMILES string of the molecule is Nc1nc(N)nc(NP2(=O)OC3=C(C=[C+]C=C3)c3ccccc32)n1.Nc1nc(N)nc(NP2OC3=C(C=[C+]C=C3)c3ccccc32)n1.Nc1nc(NP2(=O)Oc3ccccc3-c3ccccc32)nc(NP2(=O)Oc3ccccc3-c3ccccc32)n1.Nc1nc(NP2Oc3ccccc3-c3ccccc32)nc(NP2Oc3ccccc3-c3ccccc32)n1. The standard InChI is InChI=1S/C27H20N6O4P2.C27H20N6O2P2.C15H12N6O2P.C15H12N6OP/c28-25-29-26(32-38(34)23-15-7-3-11-19(23)17-9-1-5-13-21(17)36-38)31-27(30-25)33-39(35)24-16-8-4-12-20(24)18-10-2-6-14-22(18)37-39;28-25-29-26(32-36-23-15-7-3-11-19(23)17-9-1-5-13-21(17)34-36)31-27(30-25)33-37-24-16-8-4-12-20(24)18-10-2-6-14-22(18)35-37;16-13-18-14(17)20-15(19-13)21-24(22)12-8-4-2-6-10(12)9-5-1-3-7-11(9)23-24;16-13-18-14(17)20-15(19-13)21-23-12-8-4-2-6-10(12)9-5-1-3-7-11(9)22-23/h1-16H,(H4,28,29,30,31,32,33,34,35);1-16H,(H4,28,29,30,31,32,33);2-8H,(H5,16,17,18,19,20,21,22);2-8H,(H5,16,17,18,19,20,21)/q;;2*+1. The van der Waals surface area contributed by atoms with E-state index < -0.39 is 47.5 Å². The highest BCUT2D eigenvalue weighted by atomic mass is 31.2. The zero-order valence-electron chi connectivity index (χ0n) is 63.7. The molecule has 0 amide bonds. The lowest BCUT2D eigenvalue weighted by molar-refractivity contribution is 0.429. The van der Waals surface area contributed by atoms with Gasteiger partial charge in [-0.1, -0.05) is 170 Å². The van der Waals surface area contributed by atoms with E-state index in [1.54, 1.807) is 78.9 Å². The van der Waals surface area contributed by atoms with Gasteiger partial charge in [0, 0.05) is 56.1 Å². The van der Waals surface area contributed by atoms with Gasteiger partial charge in [-0.2, -0.15) is 59.8 Å². The Hall–Kier alpha value is -15.1. The maximum atomic E-state index is 14.2. The van der Waals surface area contributed by atoms with Crippen LogP contribution in [0.25, 0.3) is 55.7 Å². The van der Waals surface area contributed by atoms with Crippen molar-refractivity contribution in [1.82, 2.24) is 59.8 Å². The number of aromatic nitrogens is 12. The summed E-state index contributed by atoms with van der Waals surface area (Å²) in [5.74, 6) is 4.45. The van der Waals surface area contributed by atoms with E-state index in [0.717, 1.165) is 100.0 Å². The van der Waals surface area contributed by atoms with Crippen LogP contribution in [0.4, 0.5) is 71.4 Å². The van der Waals surface area contributed by atoms with Crippen LogP contribution in [0, 0.1) is 12.2 Å². The molecule has 8 aliphatic rings. The maximum absolute atomic E-state index is 14.2. The number of para-hydroxylation sites is 4. The molecule has 14 aromatic rings. The van der Waals surface area contributed by atoms with E-state index >= 15 is 0 Å². The summed E-state index contributed by atoms with van der Waals surface area (Å²) in [6, 6.07) is 76.8. The fourth-order valence-corrected chi connectivity index (χ4v) is 24.3. The first-order valence-corrected chi connectivity index (χ1v) is 46.1. The fraction of sp³-hybridized carbons (Fsp3) is 0. The number of nitrogens with one attached hydrogen (secondary N) is 6. The van der Waals surface area contributed by atoms with Crippen LogP contribution in [0.3, 0.4) is 0 Å². The highest BCUT2D eigenvalue weighted by Gasteiger charge is 2.44. The topological polar surface area (TPSA) is 490 Å². The third-order valence-electron chi connectivity index (χ3n) is 19.2. The van der Waals surface area contributed by atoms with Crippen molar-refractivity contribution in [3.8, 4) is 67.5 Å². The van der Waals surface area contributed by atoms with Crippen molar-refractivity contribution < 1.29 is 40.8 Å². The molecule has 6 atom stereocenters. The smallest absolute Gasteiger partial charge is 0.377 e. The molecule has 602 valence electrons. The summed E-state index contributed by atoms with van der Waals surface area (Å²) in [5.41, 5.74) is 45.7. The van der Waals surface area contributed by atoms with Gasteiger partial charge in [0.25, 0.3) is 0 Å². The first-order valence-electron chi connectivity index (χ1n) is 37.4. The van der Waals surface area contributed by atoms with E-state index in [2.05, 4.69) is 145 Å². The number of nitrogen functional groups attached to an aromatic ring is 6. The molecule has 0 bridgehead atoms. The number of anilines is 12. The van der Waals surface area contributed by atoms with Gasteiger partial charge in [0.1, 0.15) is 58.4 Å². The van der Waals surface area contributed by atoms with Crippen LogP contribution in [0.5, 0.6) is 23.0 Å². The van der Waals surface area contributed by atoms with Crippen LogP contribution >= 0.6 is 47.5 Å². The Labute approximate surface area is 704 Å². The van der Waals surface area contributed by atoms with Crippen molar-refractivity contribution in [2.75, 3.05) is 64.9 Å². The zero-order valence-corrected chi connectivity index (χ0v) is 69.1. The van der Waals surface area contributed by atoms with Gasteiger partial charge in [-0.15, -0.1) is 0 Å². The highest BCUT2D eigenvalue weighted by molar-refractivity contribution is 7.70. The van der Waals surface area contributed by atoms with Gasteiger partial charge >= 0.3 is 22.6 Å². The molecule has 22 rings (SSSR count). The number of hydrogen-bond donors (Lipinski definition) is 12. The van der Waals surface area contributed by atoms with Crippen molar-refractivity contribution in [1.29, 1.82) is 0 Å². The average molecular weight is 1740 g/mol. The van der Waals surface area contributed by atoms with Gasteiger partial charge < -0.3 is 61.5 Å². The van der Waals surface area contributed by atoms with Crippen LogP contribution in [0.2, 0.25) is 0 Å². The van der Waals surface area contributed by atoms with Gasteiger partial charge in [-0.25, -0.2) is 13.7 Å². The molecular weight excluding hydrogens is 1670 g/mol. The summed E-state index contributed by atoms with van der Waals surface area (Å²) in [6.07, 6.45) is 16.9. The third-order valence-corrected chi connectivity index (χ3v) is 30.0. The number of hydrogen-bond acceptors (Lipinski definition) is 30. The second-order valence-electron chi connectivity index (χ2n) is 27.1. The summed E-state index contributed by atoms with van der Waals surface area (Å²) in [7, 11) is -14.8. The molecule has 10 aromatic carbocycles. The number of fused-ring (bicyclic) bond motifs is 16. The molecule has 0 saturated carbocycles. The lowest BCUT2D eigenvalue weighted by atomic mass is 10.0. The van der Waals surface area contributed by atoms with Crippen LogP contribution in [-0.2, 0) is 22.7 Å². The van der Waals surface area contributed by atoms with Gasteiger partial charge in [-0.05, 0) is 83.9 Å². The van der Waals surface area contributed by atoms with E-state index in [9.17, 15) is 13.7 Å². The van der Waals surface area contributed by atoms with E-state index in [-0.39, 0.29) is 53.5 Å². The van der Waals surface area contributed by atoms with Gasteiger partial charge in [0.05, 0.1) is 44.5 Å². The molecule has 123 heavy (non-hydrogen) atoms. The minimum atomic E-state index is -3.74. The van der Waals surface area contributed by atoms with Crippen LogP contribution in [-0.4, -0.2) is 59.8 Å². The molecule has 4 aromatic heterocycles. The Balaban J connectivity index is 0.000000111. The monoisotopic (exact) mass is 1740 g/mol. The maximum Gasteiger partial charge on any atom is 0.377 e. The predicted octanol–water partition coefficient (Wildman–Crippen LogP) is 14.5. The number of nitrogens with zero attached hydrogens (tertiary/aromatic N) is 12. The number of allylic oxidation sites excluding steroid dienone is 10. The highest BCUT2D eigenvalue weighted by Crippen LogP contribution is 2.58. The Bertz CT molecular complexity index is 6700. The number of benzene rings is 10.